The number of amides is 1. The summed E-state index contributed by atoms with van der Waals surface area (Å²) in [5, 5.41) is 3.35. The first-order chi connectivity index (χ1) is 15.6. The Bertz CT molecular complexity index is 801. The van der Waals surface area contributed by atoms with Crippen LogP contribution in [0.3, 0.4) is 0 Å². The van der Waals surface area contributed by atoms with Gasteiger partial charge in [-0.3, -0.25) is 9.69 Å². The first-order valence-corrected chi connectivity index (χ1v) is 12.9. The van der Waals surface area contributed by atoms with Crippen LogP contribution in [-0.4, -0.2) is 72.1 Å². The lowest BCUT2D eigenvalue weighted by Crippen LogP contribution is -2.41. The topological polar surface area (TPSA) is 38.8 Å². The van der Waals surface area contributed by atoms with Crippen LogP contribution in [0.5, 0.6) is 0 Å². The van der Waals surface area contributed by atoms with E-state index in [0.29, 0.717) is 17.2 Å². The lowest BCUT2D eigenvalue weighted by Gasteiger charge is -2.35. The second-order valence-corrected chi connectivity index (χ2v) is 10.9. The van der Waals surface area contributed by atoms with Gasteiger partial charge in [-0.05, 0) is 64.0 Å². The highest BCUT2D eigenvalue weighted by Crippen LogP contribution is 2.34. The van der Waals surface area contributed by atoms with Crippen LogP contribution < -0.4 is 5.32 Å². The number of nitrogens with zero attached hydrogens (tertiary/aromatic N) is 3. The molecule has 1 aromatic rings. The Kier molecular flexibility index (Phi) is 8.47. The minimum Gasteiger partial charge on any atom is -0.333 e. The molecule has 2 atom stereocenters. The van der Waals surface area contributed by atoms with Crippen molar-refractivity contribution in [2.45, 2.75) is 55.9 Å². The van der Waals surface area contributed by atoms with Gasteiger partial charge in [0.25, 0.3) is 0 Å². The third-order valence-corrected chi connectivity index (χ3v) is 8.47. The molecule has 0 saturated carbocycles. The summed E-state index contributed by atoms with van der Waals surface area (Å²) in [6.45, 7) is 5.38. The number of likely N-dealkylation sites (tertiary alicyclic amines) is 1. The van der Waals surface area contributed by atoms with Crippen molar-refractivity contribution in [1.82, 2.24) is 19.4 Å². The van der Waals surface area contributed by atoms with Gasteiger partial charge in [-0.25, -0.2) is 4.31 Å². The number of allylic oxidation sites excluding steroid dienone is 1. The van der Waals surface area contributed by atoms with E-state index in [9.17, 15) is 4.79 Å². The first kappa shape index (κ1) is 23.6. The maximum absolute atomic E-state index is 10.6. The molecule has 174 valence electrons. The van der Waals surface area contributed by atoms with Crippen LogP contribution >= 0.6 is 11.9 Å². The van der Waals surface area contributed by atoms with Gasteiger partial charge < -0.3 is 10.2 Å². The molecule has 2 aliphatic heterocycles. The average Bonchev–Trinajstić information content (AvgIpc) is 2.82. The molecular formula is C26H38N4OS. The van der Waals surface area contributed by atoms with E-state index in [1.165, 1.54) is 49.9 Å². The maximum Gasteiger partial charge on any atom is 0.211 e. The van der Waals surface area contributed by atoms with Gasteiger partial charge in [0.05, 0.1) is 0 Å². The number of piperidine rings is 1. The van der Waals surface area contributed by atoms with Gasteiger partial charge in [-0.1, -0.05) is 54.4 Å². The van der Waals surface area contributed by atoms with E-state index < -0.39 is 0 Å². The molecule has 1 aromatic carbocycles. The van der Waals surface area contributed by atoms with Crippen molar-refractivity contribution in [3.8, 4) is 0 Å². The van der Waals surface area contributed by atoms with E-state index in [2.05, 4.69) is 76.0 Å². The molecule has 1 saturated heterocycles. The van der Waals surface area contributed by atoms with Crippen LogP contribution in [0.2, 0.25) is 0 Å². The van der Waals surface area contributed by atoms with Gasteiger partial charge in [0.2, 0.25) is 6.41 Å². The molecule has 0 aromatic heterocycles. The van der Waals surface area contributed by atoms with Crippen LogP contribution in [0.4, 0.5) is 0 Å². The van der Waals surface area contributed by atoms with Crippen LogP contribution in [0, 0.1) is 0 Å². The minimum atomic E-state index is 0.539. The molecule has 2 unspecified atom stereocenters. The van der Waals surface area contributed by atoms with Crippen molar-refractivity contribution in [3.05, 3.63) is 59.3 Å². The Morgan fingerprint density at radius 1 is 1.09 bits per heavy atom. The van der Waals surface area contributed by atoms with E-state index in [-0.39, 0.29) is 0 Å². The van der Waals surface area contributed by atoms with E-state index in [1.807, 2.05) is 11.9 Å². The fourth-order valence-electron chi connectivity index (χ4n) is 5.03. The summed E-state index contributed by atoms with van der Waals surface area (Å²) in [4.78, 5) is 15.6. The van der Waals surface area contributed by atoms with E-state index in [1.54, 1.807) is 0 Å². The van der Waals surface area contributed by atoms with Gasteiger partial charge in [0, 0.05) is 49.0 Å². The second-order valence-electron chi connectivity index (χ2n) is 9.53. The standard InChI is InChI=1S/C26H38N4OS/c1-28-15-13-25(14-16-28)29(2)19-21-3-5-22(6-4-21)23-7-9-26(10-8-23)32-30-17-11-24(12-18-30)27-20-31/h3-7,9,11,20,23,25-26H,8,10,12-19H2,1-2H3,(H,27,31). The second kappa shape index (κ2) is 11.5. The molecule has 0 radical (unpaired) electrons. The zero-order valence-corrected chi connectivity index (χ0v) is 20.4. The zero-order chi connectivity index (χ0) is 22.3. The summed E-state index contributed by atoms with van der Waals surface area (Å²) < 4.78 is 2.42. The quantitative estimate of drug-likeness (QED) is 0.365. The normalized spacial score (nSPS) is 25.7. The van der Waals surface area contributed by atoms with Crippen LogP contribution in [0.15, 0.2) is 48.2 Å². The highest BCUT2D eigenvalue weighted by atomic mass is 32.2. The Morgan fingerprint density at radius 2 is 1.88 bits per heavy atom. The molecule has 1 fully saturated rings. The van der Waals surface area contributed by atoms with E-state index >= 15 is 0 Å². The van der Waals surface area contributed by atoms with Gasteiger partial charge in [0.1, 0.15) is 0 Å². The highest BCUT2D eigenvalue weighted by molar-refractivity contribution is 7.97. The first-order valence-electron chi connectivity index (χ1n) is 12.1. The van der Waals surface area contributed by atoms with Crippen molar-refractivity contribution in [2.75, 3.05) is 40.3 Å². The molecule has 5 nitrogen and oxygen atoms in total. The van der Waals surface area contributed by atoms with Crippen molar-refractivity contribution in [2.24, 2.45) is 0 Å². The molecule has 3 aliphatic rings. The van der Waals surface area contributed by atoms with Crippen LogP contribution in [0.25, 0.3) is 0 Å². The van der Waals surface area contributed by atoms with Gasteiger partial charge in [-0.2, -0.15) is 0 Å². The minimum absolute atomic E-state index is 0.539. The smallest absolute Gasteiger partial charge is 0.211 e. The molecule has 2 heterocycles. The van der Waals surface area contributed by atoms with Gasteiger partial charge in [0.15, 0.2) is 0 Å². The molecule has 4 rings (SSSR count). The third-order valence-electron chi connectivity index (χ3n) is 7.17. The largest absolute Gasteiger partial charge is 0.333 e. The number of benzene rings is 1. The molecule has 1 amide bonds. The summed E-state index contributed by atoms with van der Waals surface area (Å²) in [7, 11) is 4.51. The number of carbonyl (C=O) groups is 1. The SMILES string of the molecule is CN1CCC(N(C)Cc2ccc(C3C=CC(SN4CC=C(NC=O)CC4)CC3)cc2)CC1. The molecule has 32 heavy (non-hydrogen) atoms. The Balaban J connectivity index is 1.24. The van der Waals surface area contributed by atoms with Gasteiger partial charge >= 0.3 is 0 Å². The predicted molar refractivity (Wildman–Crippen MR) is 134 cm³/mol. The number of hydrogen-bond donors (Lipinski definition) is 1. The highest BCUT2D eigenvalue weighted by Gasteiger charge is 2.22. The summed E-state index contributed by atoms with van der Waals surface area (Å²) in [6, 6.07) is 10.1. The molecular weight excluding hydrogens is 416 g/mol. The molecule has 0 spiro atoms. The Hall–Kier alpha value is -1.60. The zero-order valence-electron chi connectivity index (χ0n) is 19.6. The van der Waals surface area contributed by atoms with Crippen LogP contribution in [-0.2, 0) is 11.3 Å². The fourth-order valence-corrected chi connectivity index (χ4v) is 6.17. The van der Waals surface area contributed by atoms with Crippen molar-refractivity contribution in [3.63, 3.8) is 0 Å². The Labute approximate surface area is 198 Å². The van der Waals surface area contributed by atoms with Crippen molar-refractivity contribution >= 4 is 18.4 Å². The van der Waals surface area contributed by atoms with Crippen molar-refractivity contribution in [1.29, 1.82) is 0 Å². The molecule has 6 heteroatoms. The van der Waals surface area contributed by atoms with E-state index in [4.69, 9.17) is 0 Å². The molecule has 0 bridgehead atoms. The summed E-state index contributed by atoms with van der Waals surface area (Å²) in [5.41, 5.74) is 3.92. The monoisotopic (exact) mass is 454 g/mol. The van der Waals surface area contributed by atoms with Crippen molar-refractivity contribution < 1.29 is 4.79 Å². The number of hydrogen-bond acceptors (Lipinski definition) is 5. The molecule has 1 aliphatic carbocycles. The van der Waals surface area contributed by atoms with Gasteiger partial charge in [-0.15, -0.1) is 0 Å². The Morgan fingerprint density at radius 3 is 2.50 bits per heavy atom. The molecule has 1 N–H and O–H groups in total. The van der Waals surface area contributed by atoms with Crippen LogP contribution in [0.1, 0.15) is 49.1 Å². The maximum atomic E-state index is 10.6. The summed E-state index contributed by atoms with van der Waals surface area (Å²) in [5.74, 6) is 0.539. The number of carbonyl (C=O) groups excluding carboxylic acids is 1. The summed E-state index contributed by atoms with van der Waals surface area (Å²) >= 11 is 1.96. The van der Waals surface area contributed by atoms with E-state index in [0.717, 1.165) is 38.2 Å². The third kappa shape index (κ3) is 6.47. The lowest BCUT2D eigenvalue weighted by atomic mass is 9.89. The predicted octanol–water partition coefficient (Wildman–Crippen LogP) is 4.00. The number of rotatable bonds is 8. The average molecular weight is 455 g/mol. The summed E-state index contributed by atoms with van der Waals surface area (Å²) in [6.07, 6.45) is 13.6. The fraction of sp³-hybridized carbons (Fsp3) is 0.577. The number of nitrogens with one attached hydrogen (secondary N) is 1. The lowest BCUT2D eigenvalue weighted by molar-refractivity contribution is -0.109.